The summed E-state index contributed by atoms with van der Waals surface area (Å²) < 4.78 is 6.69. The van der Waals surface area contributed by atoms with E-state index in [1.54, 1.807) is 22.7 Å². The van der Waals surface area contributed by atoms with Crippen molar-refractivity contribution in [2.24, 2.45) is 0 Å². The standard InChI is InChI=1S/C50H32OS2/c1-29-25-52-27-43(29)49-38-15-7-3-11-34(38)47(35-12-4-8-16-39(35)49)31-20-22-45-42(23-31)33-21-19-32(24-46(33)51-45)48-36-13-5-9-17-40(36)50(44-28-53-26-30(44)2)41-18-10-6-14-37(41)48/h3-28H,1-2H3. The molecule has 0 aliphatic carbocycles. The van der Waals surface area contributed by atoms with Crippen LogP contribution in [0.15, 0.2) is 159 Å². The first-order valence-electron chi connectivity index (χ1n) is 18.0. The average molecular weight is 713 g/mol. The lowest BCUT2D eigenvalue weighted by atomic mass is 9.85. The Balaban J connectivity index is 1.13. The molecule has 0 saturated carbocycles. The van der Waals surface area contributed by atoms with Crippen molar-refractivity contribution in [1.29, 1.82) is 0 Å². The smallest absolute Gasteiger partial charge is 0.136 e. The van der Waals surface area contributed by atoms with Crippen LogP contribution in [0.2, 0.25) is 0 Å². The molecule has 11 aromatic rings. The van der Waals surface area contributed by atoms with Crippen LogP contribution < -0.4 is 0 Å². The lowest BCUT2D eigenvalue weighted by Gasteiger charge is -2.17. The highest BCUT2D eigenvalue weighted by atomic mass is 32.1. The van der Waals surface area contributed by atoms with Crippen molar-refractivity contribution >= 4 is 87.7 Å². The zero-order valence-corrected chi connectivity index (χ0v) is 30.9. The van der Waals surface area contributed by atoms with Crippen molar-refractivity contribution in [2.45, 2.75) is 13.8 Å². The number of hydrogen-bond donors (Lipinski definition) is 0. The molecule has 11 rings (SSSR count). The molecule has 0 bridgehead atoms. The molecule has 0 fully saturated rings. The van der Waals surface area contributed by atoms with Crippen LogP contribution in [-0.4, -0.2) is 0 Å². The van der Waals surface area contributed by atoms with Gasteiger partial charge in [0.25, 0.3) is 0 Å². The van der Waals surface area contributed by atoms with Gasteiger partial charge in [0.1, 0.15) is 11.2 Å². The highest BCUT2D eigenvalue weighted by Gasteiger charge is 2.21. The molecule has 0 aliphatic rings. The molecule has 0 N–H and O–H groups in total. The van der Waals surface area contributed by atoms with Gasteiger partial charge in [0.15, 0.2) is 0 Å². The SMILES string of the molecule is Cc1cscc1-c1c2ccccc2c(-c2ccc3c(c2)oc2ccc(-c4c5ccccc5c(-c5cscc5C)c5ccccc45)cc23)c2ccccc12. The molecular formula is C50H32OS2. The summed E-state index contributed by atoms with van der Waals surface area (Å²) in [6.07, 6.45) is 0. The van der Waals surface area contributed by atoms with Crippen molar-refractivity contribution in [2.75, 3.05) is 0 Å². The molecule has 0 unspecified atom stereocenters. The summed E-state index contributed by atoms with van der Waals surface area (Å²) in [5, 5.41) is 21.5. The van der Waals surface area contributed by atoms with Crippen molar-refractivity contribution in [3.05, 3.63) is 166 Å². The Hall–Kier alpha value is -6.00. The normalized spacial score (nSPS) is 12.0. The van der Waals surface area contributed by atoms with Gasteiger partial charge in [0.05, 0.1) is 0 Å². The van der Waals surface area contributed by atoms with Crippen LogP contribution in [0.4, 0.5) is 0 Å². The maximum absolute atomic E-state index is 6.69. The predicted octanol–water partition coefficient (Wildman–Crippen LogP) is 15.6. The lowest BCUT2D eigenvalue weighted by molar-refractivity contribution is 0.669. The molecule has 250 valence electrons. The fourth-order valence-electron chi connectivity index (χ4n) is 8.78. The van der Waals surface area contributed by atoms with Crippen molar-refractivity contribution in [3.63, 3.8) is 0 Å². The van der Waals surface area contributed by atoms with Gasteiger partial charge < -0.3 is 4.42 Å². The minimum absolute atomic E-state index is 0.901. The predicted molar refractivity (Wildman–Crippen MR) is 231 cm³/mol. The molecule has 3 heteroatoms. The average Bonchev–Trinajstić information content (AvgIpc) is 3.93. The Morgan fingerprint density at radius 2 is 0.736 bits per heavy atom. The summed E-state index contributed by atoms with van der Waals surface area (Å²) in [4.78, 5) is 0. The third kappa shape index (κ3) is 4.54. The second-order valence-electron chi connectivity index (χ2n) is 14.1. The van der Waals surface area contributed by atoms with Crippen molar-refractivity contribution in [3.8, 4) is 44.5 Å². The molecule has 53 heavy (non-hydrogen) atoms. The summed E-state index contributed by atoms with van der Waals surface area (Å²) in [5.41, 5.74) is 14.6. The van der Waals surface area contributed by atoms with Gasteiger partial charge in [-0.15, -0.1) is 0 Å². The molecule has 0 aliphatic heterocycles. The zero-order chi connectivity index (χ0) is 35.2. The minimum Gasteiger partial charge on any atom is -0.456 e. The van der Waals surface area contributed by atoms with Gasteiger partial charge in [-0.1, -0.05) is 109 Å². The second-order valence-corrected chi connectivity index (χ2v) is 15.6. The third-order valence-corrected chi connectivity index (χ3v) is 12.9. The van der Waals surface area contributed by atoms with E-state index in [2.05, 4.69) is 169 Å². The molecule has 0 atom stereocenters. The fraction of sp³-hybridized carbons (Fsp3) is 0.0400. The molecule has 1 nitrogen and oxygen atoms in total. The van der Waals surface area contributed by atoms with Gasteiger partial charge in [-0.3, -0.25) is 0 Å². The maximum Gasteiger partial charge on any atom is 0.136 e. The Kier molecular flexibility index (Phi) is 6.79. The van der Waals surface area contributed by atoms with E-state index in [1.807, 2.05) is 0 Å². The van der Waals surface area contributed by atoms with Crippen LogP contribution in [0, 0.1) is 13.8 Å². The zero-order valence-electron chi connectivity index (χ0n) is 29.2. The molecule has 0 spiro atoms. The largest absolute Gasteiger partial charge is 0.456 e. The van der Waals surface area contributed by atoms with Gasteiger partial charge in [-0.2, -0.15) is 22.7 Å². The number of aryl methyl sites for hydroxylation is 2. The first-order valence-corrected chi connectivity index (χ1v) is 19.9. The van der Waals surface area contributed by atoms with E-state index < -0.39 is 0 Å². The van der Waals surface area contributed by atoms with E-state index >= 15 is 0 Å². The number of hydrogen-bond acceptors (Lipinski definition) is 3. The summed E-state index contributed by atoms with van der Waals surface area (Å²) in [7, 11) is 0. The molecule has 0 amide bonds. The molecule has 3 aromatic heterocycles. The van der Waals surface area contributed by atoms with Crippen molar-refractivity contribution in [1.82, 2.24) is 0 Å². The van der Waals surface area contributed by atoms with Crippen molar-refractivity contribution < 1.29 is 4.42 Å². The van der Waals surface area contributed by atoms with E-state index in [4.69, 9.17) is 4.42 Å². The lowest BCUT2D eigenvalue weighted by Crippen LogP contribution is -1.91. The van der Waals surface area contributed by atoms with E-state index in [9.17, 15) is 0 Å². The first kappa shape index (κ1) is 30.6. The molecule has 8 aromatic carbocycles. The fourth-order valence-corrected chi connectivity index (χ4v) is 10.5. The van der Waals surface area contributed by atoms with Gasteiger partial charge in [-0.25, -0.2) is 0 Å². The number of rotatable bonds is 4. The Labute approximate surface area is 315 Å². The first-order chi connectivity index (χ1) is 26.1. The summed E-state index contributed by atoms with van der Waals surface area (Å²) in [5.74, 6) is 0. The highest BCUT2D eigenvalue weighted by Crippen LogP contribution is 2.48. The Bertz CT molecular complexity index is 3150. The van der Waals surface area contributed by atoms with Gasteiger partial charge >= 0.3 is 0 Å². The van der Waals surface area contributed by atoms with E-state index in [0.717, 1.165) is 27.5 Å². The summed E-state index contributed by atoms with van der Waals surface area (Å²) in [6.45, 7) is 4.44. The van der Waals surface area contributed by atoms with Crippen LogP contribution in [0.1, 0.15) is 11.1 Å². The number of fused-ring (bicyclic) bond motifs is 7. The van der Waals surface area contributed by atoms with Crippen LogP contribution in [0.25, 0.3) is 110 Å². The molecule has 3 heterocycles. The Morgan fingerprint density at radius 3 is 1.15 bits per heavy atom. The van der Waals surface area contributed by atoms with Crippen LogP contribution in [-0.2, 0) is 0 Å². The maximum atomic E-state index is 6.69. The Morgan fingerprint density at radius 1 is 0.340 bits per heavy atom. The number of benzene rings is 8. The quantitative estimate of drug-likeness (QED) is 0.166. The minimum atomic E-state index is 0.901. The third-order valence-electron chi connectivity index (χ3n) is 11.2. The topological polar surface area (TPSA) is 13.1 Å². The van der Waals surface area contributed by atoms with Crippen LogP contribution in [0.5, 0.6) is 0 Å². The number of furan rings is 1. The molecule has 0 radical (unpaired) electrons. The molecule has 0 saturated heterocycles. The summed E-state index contributed by atoms with van der Waals surface area (Å²) in [6, 6.07) is 49.1. The van der Waals surface area contributed by atoms with Crippen LogP contribution >= 0.6 is 22.7 Å². The van der Waals surface area contributed by atoms with E-state index in [1.165, 1.54) is 93.2 Å². The molecular weight excluding hydrogens is 681 g/mol. The second kappa shape index (κ2) is 11.8. The van der Waals surface area contributed by atoms with Gasteiger partial charge in [0.2, 0.25) is 0 Å². The van der Waals surface area contributed by atoms with Gasteiger partial charge in [0, 0.05) is 10.8 Å². The number of thiophene rings is 2. The highest BCUT2D eigenvalue weighted by molar-refractivity contribution is 7.08. The van der Waals surface area contributed by atoms with E-state index in [0.29, 0.717) is 0 Å². The van der Waals surface area contributed by atoms with Gasteiger partial charge in [-0.05, 0) is 158 Å². The monoisotopic (exact) mass is 712 g/mol. The van der Waals surface area contributed by atoms with Crippen LogP contribution in [0.3, 0.4) is 0 Å². The van der Waals surface area contributed by atoms with E-state index in [-0.39, 0.29) is 0 Å². The summed E-state index contributed by atoms with van der Waals surface area (Å²) >= 11 is 3.54.